The number of benzene rings is 1. The summed E-state index contributed by atoms with van der Waals surface area (Å²) in [5.74, 6) is -0.100. The molecule has 0 fully saturated rings. The van der Waals surface area contributed by atoms with Gasteiger partial charge in [0.1, 0.15) is 18.1 Å². The Labute approximate surface area is 128 Å². The SMILES string of the molecule is CN(C)C(=O)Cn1nc(N)c(Cc2ccccc2)c(N)c1=O. The number of nitrogens with two attached hydrogens (primary N) is 2. The van der Waals surface area contributed by atoms with Gasteiger partial charge in [0.15, 0.2) is 0 Å². The number of likely N-dealkylation sites (N-methyl/N-ethyl adjacent to an activating group) is 1. The third-order valence-electron chi connectivity index (χ3n) is 3.34. The van der Waals surface area contributed by atoms with Crippen molar-refractivity contribution in [1.82, 2.24) is 14.7 Å². The van der Waals surface area contributed by atoms with E-state index in [0.717, 1.165) is 10.2 Å². The fraction of sp³-hybridized carbons (Fsp3) is 0.267. The molecule has 0 saturated carbocycles. The Morgan fingerprint density at radius 3 is 2.45 bits per heavy atom. The van der Waals surface area contributed by atoms with E-state index in [9.17, 15) is 9.59 Å². The first kappa shape index (κ1) is 15.6. The monoisotopic (exact) mass is 301 g/mol. The molecule has 116 valence electrons. The Morgan fingerprint density at radius 1 is 1.23 bits per heavy atom. The maximum atomic E-state index is 12.2. The molecule has 0 saturated heterocycles. The highest BCUT2D eigenvalue weighted by atomic mass is 16.2. The number of nitrogen functional groups attached to an aromatic ring is 2. The Balaban J connectivity index is 2.37. The Morgan fingerprint density at radius 2 is 1.86 bits per heavy atom. The Kier molecular flexibility index (Phi) is 4.45. The van der Waals surface area contributed by atoms with Crippen LogP contribution in [0.25, 0.3) is 0 Å². The minimum Gasteiger partial charge on any atom is -0.394 e. The van der Waals surface area contributed by atoms with Crippen LogP contribution in [0.5, 0.6) is 0 Å². The van der Waals surface area contributed by atoms with Crippen LogP contribution in [0.3, 0.4) is 0 Å². The molecule has 0 radical (unpaired) electrons. The summed E-state index contributed by atoms with van der Waals surface area (Å²) in [6.45, 7) is -0.189. The molecule has 1 aromatic heterocycles. The van der Waals surface area contributed by atoms with E-state index in [4.69, 9.17) is 11.5 Å². The molecule has 0 aliphatic carbocycles. The van der Waals surface area contributed by atoms with Gasteiger partial charge in [0.2, 0.25) is 5.91 Å². The van der Waals surface area contributed by atoms with Crippen molar-refractivity contribution >= 4 is 17.4 Å². The second-order valence-corrected chi connectivity index (χ2v) is 5.19. The van der Waals surface area contributed by atoms with Crippen LogP contribution >= 0.6 is 0 Å². The van der Waals surface area contributed by atoms with Gasteiger partial charge in [0, 0.05) is 26.1 Å². The van der Waals surface area contributed by atoms with E-state index in [-0.39, 0.29) is 24.0 Å². The summed E-state index contributed by atoms with van der Waals surface area (Å²) in [6, 6.07) is 9.53. The summed E-state index contributed by atoms with van der Waals surface area (Å²) in [6.07, 6.45) is 0.420. The summed E-state index contributed by atoms with van der Waals surface area (Å²) in [5, 5.41) is 4.01. The van der Waals surface area contributed by atoms with E-state index in [0.29, 0.717) is 12.0 Å². The van der Waals surface area contributed by atoms with Crippen molar-refractivity contribution in [1.29, 1.82) is 0 Å². The second-order valence-electron chi connectivity index (χ2n) is 5.19. The van der Waals surface area contributed by atoms with E-state index in [2.05, 4.69) is 5.10 Å². The van der Waals surface area contributed by atoms with Crippen molar-refractivity contribution in [2.24, 2.45) is 0 Å². The molecule has 1 amide bonds. The molecule has 22 heavy (non-hydrogen) atoms. The van der Waals surface area contributed by atoms with Crippen LogP contribution < -0.4 is 17.0 Å². The third-order valence-corrected chi connectivity index (χ3v) is 3.34. The number of hydrogen-bond acceptors (Lipinski definition) is 5. The zero-order chi connectivity index (χ0) is 16.3. The number of aromatic nitrogens is 2. The summed E-state index contributed by atoms with van der Waals surface area (Å²) in [4.78, 5) is 25.3. The molecular formula is C15H19N5O2. The van der Waals surface area contributed by atoms with Crippen molar-refractivity contribution in [3.63, 3.8) is 0 Å². The molecule has 0 bridgehead atoms. The average molecular weight is 301 g/mol. The van der Waals surface area contributed by atoms with Gasteiger partial charge < -0.3 is 16.4 Å². The molecule has 0 atom stereocenters. The highest BCUT2D eigenvalue weighted by molar-refractivity contribution is 5.75. The van der Waals surface area contributed by atoms with Gasteiger partial charge in [-0.15, -0.1) is 0 Å². The first-order valence-corrected chi connectivity index (χ1v) is 6.79. The largest absolute Gasteiger partial charge is 0.394 e. The van der Waals surface area contributed by atoms with Crippen LogP contribution in [0.2, 0.25) is 0 Å². The zero-order valence-corrected chi connectivity index (χ0v) is 12.6. The van der Waals surface area contributed by atoms with Crippen molar-refractivity contribution in [2.45, 2.75) is 13.0 Å². The van der Waals surface area contributed by atoms with Gasteiger partial charge in [-0.25, -0.2) is 4.68 Å². The summed E-state index contributed by atoms with van der Waals surface area (Å²) < 4.78 is 1.00. The number of anilines is 2. The lowest BCUT2D eigenvalue weighted by atomic mass is 10.1. The third kappa shape index (κ3) is 3.25. The van der Waals surface area contributed by atoms with Crippen LogP contribution in [0.15, 0.2) is 35.1 Å². The molecule has 2 rings (SSSR count). The molecule has 2 aromatic rings. The number of carbonyl (C=O) groups excluding carboxylic acids is 1. The minimum absolute atomic E-state index is 0.0305. The van der Waals surface area contributed by atoms with Crippen LogP contribution in [0.4, 0.5) is 11.5 Å². The Bertz CT molecular complexity index is 738. The van der Waals surface area contributed by atoms with Crippen molar-refractivity contribution in [3.05, 3.63) is 51.8 Å². The Hall–Kier alpha value is -2.83. The van der Waals surface area contributed by atoms with E-state index in [1.165, 1.54) is 4.90 Å². The van der Waals surface area contributed by atoms with E-state index in [1.807, 2.05) is 30.3 Å². The first-order chi connectivity index (χ1) is 10.4. The molecule has 1 aromatic carbocycles. The lowest BCUT2D eigenvalue weighted by molar-refractivity contribution is -0.129. The van der Waals surface area contributed by atoms with Crippen LogP contribution in [0.1, 0.15) is 11.1 Å². The summed E-state index contributed by atoms with van der Waals surface area (Å²) >= 11 is 0. The maximum Gasteiger partial charge on any atom is 0.290 e. The standard InChI is InChI=1S/C15H19N5O2/c1-19(2)12(21)9-20-15(22)13(16)11(14(17)18-20)8-10-6-4-3-5-7-10/h3-7H,8-9,16H2,1-2H3,(H2,17,18). The van der Waals surface area contributed by atoms with Gasteiger partial charge in [0.05, 0.1) is 0 Å². The predicted octanol–water partition coefficient (Wildman–Crippen LogP) is 0.0867. The topological polar surface area (TPSA) is 107 Å². The molecule has 7 heteroatoms. The highest BCUT2D eigenvalue weighted by Crippen LogP contribution is 2.18. The molecule has 0 aliphatic heterocycles. The number of nitrogens with zero attached hydrogens (tertiary/aromatic N) is 3. The highest BCUT2D eigenvalue weighted by Gasteiger charge is 2.16. The second kappa shape index (κ2) is 6.30. The van der Waals surface area contributed by atoms with Gasteiger partial charge in [-0.3, -0.25) is 9.59 Å². The molecular weight excluding hydrogens is 282 g/mol. The zero-order valence-electron chi connectivity index (χ0n) is 12.6. The molecule has 0 spiro atoms. The van der Waals surface area contributed by atoms with E-state index >= 15 is 0 Å². The smallest absolute Gasteiger partial charge is 0.290 e. The number of hydrogen-bond donors (Lipinski definition) is 2. The van der Waals surface area contributed by atoms with E-state index < -0.39 is 5.56 Å². The molecule has 7 nitrogen and oxygen atoms in total. The van der Waals surface area contributed by atoms with E-state index in [1.54, 1.807) is 14.1 Å². The molecule has 1 heterocycles. The minimum atomic E-state index is -0.504. The predicted molar refractivity (Wildman–Crippen MR) is 85.3 cm³/mol. The number of carbonyl (C=O) groups is 1. The molecule has 0 aliphatic rings. The van der Waals surface area contributed by atoms with Gasteiger partial charge in [-0.05, 0) is 5.56 Å². The number of amides is 1. The van der Waals surface area contributed by atoms with Gasteiger partial charge in [-0.1, -0.05) is 30.3 Å². The molecule has 0 unspecified atom stereocenters. The summed E-state index contributed by atoms with van der Waals surface area (Å²) in [5.41, 5.74) is 12.8. The average Bonchev–Trinajstić information content (AvgIpc) is 2.50. The number of rotatable bonds is 4. The van der Waals surface area contributed by atoms with Crippen molar-refractivity contribution in [2.75, 3.05) is 25.6 Å². The van der Waals surface area contributed by atoms with Crippen molar-refractivity contribution < 1.29 is 4.79 Å². The molecule has 4 N–H and O–H groups in total. The van der Waals surface area contributed by atoms with Crippen LogP contribution in [0, 0.1) is 0 Å². The van der Waals surface area contributed by atoms with Crippen molar-refractivity contribution in [3.8, 4) is 0 Å². The van der Waals surface area contributed by atoms with Crippen LogP contribution in [-0.2, 0) is 17.8 Å². The van der Waals surface area contributed by atoms with Crippen LogP contribution in [-0.4, -0.2) is 34.7 Å². The maximum absolute atomic E-state index is 12.2. The van der Waals surface area contributed by atoms with Gasteiger partial charge >= 0.3 is 0 Å². The van der Waals surface area contributed by atoms with Gasteiger partial charge in [-0.2, -0.15) is 5.10 Å². The fourth-order valence-corrected chi connectivity index (χ4v) is 2.00. The quantitative estimate of drug-likeness (QED) is 0.832. The fourth-order valence-electron chi connectivity index (χ4n) is 2.00. The first-order valence-electron chi connectivity index (χ1n) is 6.79. The summed E-state index contributed by atoms with van der Waals surface area (Å²) in [7, 11) is 3.20. The lowest BCUT2D eigenvalue weighted by Gasteiger charge is -2.14. The van der Waals surface area contributed by atoms with Gasteiger partial charge in [0.25, 0.3) is 5.56 Å². The normalized spacial score (nSPS) is 10.5. The lowest BCUT2D eigenvalue weighted by Crippen LogP contribution is -2.35.